The van der Waals surface area contributed by atoms with Gasteiger partial charge in [0.25, 0.3) is 0 Å². The highest BCUT2D eigenvalue weighted by molar-refractivity contribution is 5.94. The SMILES string of the molecule is COC(=O)c1cc(-c2cc(C(F)(F)F)cc(C(F)(F)F)c2)cc(C(=O)OC)n1. The maximum absolute atomic E-state index is 13.0. The summed E-state index contributed by atoms with van der Waals surface area (Å²) in [7, 11) is 1.97. The van der Waals surface area contributed by atoms with Crippen molar-refractivity contribution >= 4 is 11.9 Å². The summed E-state index contributed by atoms with van der Waals surface area (Å²) in [5.41, 5.74) is -4.90. The average molecular weight is 407 g/mol. The molecule has 5 nitrogen and oxygen atoms in total. The van der Waals surface area contributed by atoms with Gasteiger partial charge in [0, 0.05) is 0 Å². The summed E-state index contributed by atoms with van der Waals surface area (Å²) in [6, 6.07) is 2.72. The summed E-state index contributed by atoms with van der Waals surface area (Å²) in [5, 5.41) is 0. The molecule has 0 aliphatic rings. The topological polar surface area (TPSA) is 65.5 Å². The molecular weight excluding hydrogens is 396 g/mol. The quantitative estimate of drug-likeness (QED) is 0.559. The zero-order valence-corrected chi connectivity index (χ0v) is 14.2. The Labute approximate surface area is 153 Å². The summed E-state index contributed by atoms with van der Waals surface area (Å²) in [6.07, 6.45) is -10.1. The molecule has 0 radical (unpaired) electrons. The molecular formula is C17H11F6NO4. The molecule has 0 atom stereocenters. The fourth-order valence-electron chi connectivity index (χ4n) is 2.24. The van der Waals surface area contributed by atoms with Gasteiger partial charge in [-0.05, 0) is 41.5 Å². The molecule has 28 heavy (non-hydrogen) atoms. The number of carbonyl (C=O) groups excluding carboxylic acids is 2. The van der Waals surface area contributed by atoms with Crippen molar-refractivity contribution in [2.24, 2.45) is 0 Å². The fourth-order valence-corrected chi connectivity index (χ4v) is 2.24. The molecule has 11 heteroatoms. The lowest BCUT2D eigenvalue weighted by molar-refractivity contribution is -0.143. The van der Waals surface area contributed by atoms with Gasteiger partial charge in [-0.1, -0.05) is 0 Å². The van der Waals surface area contributed by atoms with Gasteiger partial charge < -0.3 is 9.47 Å². The monoisotopic (exact) mass is 407 g/mol. The molecule has 0 unspecified atom stereocenters. The van der Waals surface area contributed by atoms with E-state index in [1.54, 1.807) is 0 Å². The van der Waals surface area contributed by atoms with E-state index in [9.17, 15) is 35.9 Å². The molecule has 0 N–H and O–H groups in total. The number of halogens is 6. The van der Waals surface area contributed by atoms with E-state index in [1.807, 2.05) is 0 Å². The van der Waals surface area contributed by atoms with E-state index in [1.165, 1.54) is 0 Å². The molecule has 0 saturated heterocycles. The third kappa shape index (κ3) is 4.59. The van der Waals surface area contributed by atoms with Gasteiger partial charge in [-0.2, -0.15) is 26.3 Å². The van der Waals surface area contributed by atoms with Gasteiger partial charge in [0.05, 0.1) is 25.3 Å². The molecule has 150 valence electrons. The normalized spacial score (nSPS) is 11.9. The Kier molecular flexibility index (Phi) is 5.67. The summed E-state index contributed by atoms with van der Waals surface area (Å²) in [6.45, 7) is 0. The highest BCUT2D eigenvalue weighted by atomic mass is 19.4. The van der Waals surface area contributed by atoms with Crippen molar-refractivity contribution in [3.8, 4) is 11.1 Å². The maximum Gasteiger partial charge on any atom is 0.416 e. The Balaban J connectivity index is 2.78. The highest BCUT2D eigenvalue weighted by Crippen LogP contribution is 2.38. The van der Waals surface area contributed by atoms with E-state index >= 15 is 0 Å². The number of aromatic nitrogens is 1. The summed E-state index contributed by atoms with van der Waals surface area (Å²) >= 11 is 0. The molecule has 1 aromatic heterocycles. The first-order valence-corrected chi connectivity index (χ1v) is 7.35. The van der Waals surface area contributed by atoms with Crippen LogP contribution in [0.3, 0.4) is 0 Å². The Hall–Kier alpha value is -3.11. The number of hydrogen-bond donors (Lipinski definition) is 0. The summed E-state index contributed by atoms with van der Waals surface area (Å²) in [5.74, 6) is -2.09. The lowest BCUT2D eigenvalue weighted by atomic mass is 9.98. The number of rotatable bonds is 3. The second-order valence-corrected chi connectivity index (χ2v) is 5.40. The minimum absolute atomic E-state index is 0.0346. The Bertz CT molecular complexity index is 854. The minimum Gasteiger partial charge on any atom is -0.464 e. The lowest BCUT2D eigenvalue weighted by Gasteiger charge is -2.15. The molecule has 0 bridgehead atoms. The van der Waals surface area contributed by atoms with Crippen LogP contribution in [-0.2, 0) is 21.8 Å². The van der Waals surface area contributed by atoms with Crippen LogP contribution in [0.25, 0.3) is 11.1 Å². The number of ether oxygens (including phenoxy) is 2. The first-order valence-electron chi connectivity index (χ1n) is 7.35. The molecule has 0 fully saturated rings. The number of esters is 2. The zero-order valence-electron chi connectivity index (χ0n) is 14.2. The van der Waals surface area contributed by atoms with Gasteiger partial charge in [-0.25, -0.2) is 14.6 Å². The van der Waals surface area contributed by atoms with Crippen LogP contribution in [0.5, 0.6) is 0 Å². The van der Waals surface area contributed by atoms with Crippen molar-refractivity contribution in [1.29, 1.82) is 0 Å². The number of benzene rings is 1. The van der Waals surface area contributed by atoms with Crippen molar-refractivity contribution in [1.82, 2.24) is 4.98 Å². The van der Waals surface area contributed by atoms with Crippen molar-refractivity contribution in [3.63, 3.8) is 0 Å². The van der Waals surface area contributed by atoms with E-state index in [2.05, 4.69) is 14.5 Å². The van der Waals surface area contributed by atoms with Crippen LogP contribution in [0.4, 0.5) is 26.3 Å². The molecule has 0 amide bonds. The maximum atomic E-state index is 13.0. The van der Waals surface area contributed by atoms with Gasteiger partial charge in [0.1, 0.15) is 11.4 Å². The van der Waals surface area contributed by atoms with E-state index in [4.69, 9.17) is 0 Å². The number of pyridine rings is 1. The smallest absolute Gasteiger partial charge is 0.416 e. The van der Waals surface area contributed by atoms with Crippen molar-refractivity contribution in [3.05, 3.63) is 52.8 Å². The van der Waals surface area contributed by atoms with Crippen LogP contribution in [0.1, 0.15) is 32.1 Å². The van der Waals surface area contributed by atoms with Crippen LogP contribution in [0.2, 0.25) is 0 Å². The fraction of sp³-hybridized carbons (Fsp3) is 0.235. The van der Waals surface area contributed by atoms with Gasteiger partial charge in [0.2, 0.25) is 0 Å². The van der Waals surface area contributed by atoms with E-state index in [0.29, 0.717) is 12.1 Å². The number of methoxy groups -OCH3 is 2. The molecule has 1 aromatic carbocycles. The summed E-state index contributed by atoms with van der Waals surface area (Å²) < 4.78 is 87.2. The number of alkyl halides is 6. The first-order chi connectivity index (χ1) is 12.9. The second kappa shape index (κ2) is 7.49. The van der Waals surface area contributed by atoms with Crippen LogP contribution in [-0.4, -0.2) is 31.1 Å². The molecule has 0 spiro atoms. The predicted octanol–water partition coefficient (Wildman–Crippen LogP) is 4.36. The predicted molar refractivity (Wildman–Crippen MR) is 82.4 cm³/mol. The first kappa shape index (κ1) is 21.2. The number of hydrogen-bond acceptors (Lipinski definition) is 5. The van der Waals surface area contributed by atoms with Crippen molar-refractivity contribution in [2.45, 2.75) is 12.4 Å². The highest BCUT2D eigenvalue weighted by Gasteiger charge is 2.37. The van der Waals surface area contributed by atoms with E-state index < -0.39 is 52.4 Å². The standard InChI is InChI=1S/C17H11F6NO4/c1-27-14(25)12-5-9(6-13(24-12)15(26)28-2)8-3-10(16(18,19)20)7-11(4-8)17(21,22)23/h3-7H,1-2H3. The van der Waals surface area contributed by atoms with Crippen LogP contribution in [0.15, 0.2) is 30.3 Å². The van der Waals surface area contributed by atoms with E-state index in [0.717, 1.165) is 26.4 Å². The third-order valence-electron chi connectivity index (χ3n) is 3.54. The Morgan fingerprint density at radius 1 is 0.714 bits per heavy atom. The van der Waals surface area contributed by atoms with Gasteiger partial charge in [-0.3, -0.25) is 0 Å². The molecule has 0 saturated carbocycles. The molecule has 2 rings (SSSR count). The third-order valence-corrected chi connectivity index (χ3v) is 3.54. The van der Waals surface area contributed by atoms with Gasteiger partial charge >= 0.3 is 24.3 Å². The van der Waals surface area contributed by atoms with Crippen LogP contribution in [0, 0.1) is 0 Å². The Morgan fingerprint density at radius 3 is 1.39 bits per heavy atom. The molecule has 2 aromatic rings. The van der Waals surface area contributed by atoms with E-state index in [-0.39, 0.29) is 11.6 Å². The van der Waals surface area contributed by atoms with Gasteiger partial charge in [0.15, 0.2) is 0 Å². The van der Waals surface area contributed by atoms with Crippen molar-refractivity contribution in [2.75, 3.05) is 14.2 Å². The molecule has 1 heterocycles. The second-order valence-electron chi connectivity index (χ2n) is 5.40. The molecule has 0 aliphatic heterocycles. The van der Waals surface area contributed by atoms with Crippen molar-refractivity contribution < 1.29 is 45.4 Å². The van der Waals surface area contributed by atoms with Crippen LogP contribution < -0.4 is 0 Å². The number of nitrogens with zero attached hydrogens (tertiary/aromatic N) is 1. The largest absolute Gasteiger partial charge is 0.464 e. The lowest BCUT2D eigenvalue weighted by Crippen LogP contribution is -2.13. The Morgan fingerprint density at radius 2 is 1.07 bits per heavy atom. The number of carbonyl (C=O) groups is 2. The summed E-state index contributed by atoms with van der Waals surface area (Å²) in [4.78, 5) is 27.1. The van der Waals surface area contributed by atoms with Gasteiger partial charge in [-0.15, -0.1) is 0 Å². The zero-order chi connectivity index (χ0) is 21.3. The molecule has 0 aliphatic carbocycles. The minimum atomic E-state index is -5.06. The van der Waals surface area contributed by atoms with Crippen LogP contribution >= 0.6 is 0 Å². The average Bonchev–Trinajstić information content (AvgIpc) is 2.64.